The van der Waals surface area contributed by atoms with E-state index in [1.807, 2.05) is 13.8 Å². The first-order chi connectivity index (χ1) is 20.2. The van der Waals surface area contributed by atoms with Gasteiger partial charge in [-0.3, -0.25) is 19.2 Å². The van der Waals surface area contributed by atoms with Gasteiger partial charge in [-0.2, -0.15) is 0 Å². The van der Waals surface area contributed by atoms with Crippen LogP contribution in [0.1, 0.15) is 144 Å². The van der Waals surface area contributed by atoms with Gasteiger partial charge in [-0.1, -0.05) is 27.7 Å². The van der Waals surface area contributed by atoms with Crippen molar-refractivity contribution in [2.45, 2.75) is 144 Å². The van der Waals surface area contributed by atoms with Crippen molar-refractivity contribution in [3.63, 3.8) is 0 Å². The molecule has 8 aliphatic carbocycles. The molecule has 0 aromatic rings. The first kappa shape index (κ1) is 33.2. The van der Waals surface area contributed by atoms with Crippen molar-refractivity contribution in [1.29, 1.82) is 0 Å². The molecule has 8 fully saturated rings. The van der Waals surface area contributed by atoms with Crippen molar-refractivity contribution in [1.82, 2.24) is 0 Å². The van der Waals surface area contributed by atoms with Crippen LogP contribution in [0.2, 0.25) is 0 Å². The van der Waals surface area contributed by atoms with E-state index < -0.39 is 11.9 Å². The van der Waals surface area contributed by atoms with E-state index in [2.05, 4.69) is 27.7 Å². The lowest BCUT2D eigenvalue weighted by Gasteiger charge is -2.69. The summed E-state index contributed by atoms with van der Waals surface area (Å²) in [5.74, 6) is -1.61. The third kappa shape index (κ3) is 6.56. The second-order valence-electron chi connectivity index (χ2n) is 18.5. The lowest BCUT2D eigenvalue weighted by molar-refractivity contribution is -0.204. The molecule has 248 valence electrons. The van der Waals surface area contributed by atoms with Crippen LogP contribution < -0.4 is 0 Å². The second kappa shape index (κ2) is 10.7. The van der Waals surface area contributed by atoms with Crippen molar-refractivity contribution < 1.29 is 38.9 Å². The molecule has 8 rings (SSSR count). The zero-order chi connectivity index (χ0) is 32.5. The van der Waals surface area contributed by atoms with Crippen molar-refractivity contribution in [2.75, 3.05) is 13.2 Å². The number of aliphatic carboxylic acids is 2. The summed E-state index contributed by atoms with van der Waals surface area (Å²) in [6.07, 6.45) is 13.8. The highest BCUT2D eigenvalue weighted by molar-refractivity contribution is 5.72. The Morgan fingerprint density at radius 2 is 0.705 bits per heavy atom. The molecule has 8 bridgehead atoms. The molecule has 0 aromatic carbocycles. The summed E-state index contributed by atoms with van der Waals surface area (Å²) in [4.78, 5) is 47.1. The minimum absolute atomic E-state index is 0.0109. The van der Waals surface area contributed by atoms with Gasteiger partial charge in [0, 0.05) is 0 Å². The van der Waals surface area contributed by atoms with Gasteiger partial charge in [-0.05, 0) is 134 Å². The minimum atomic E-state index is -0.732. The highest BCUT2D eigenvalue weighted by Crippen LogP contribution is 2.76. The quantitative estimate of drug-likeness (QED) is 0.241. The molecule has 0 radical (unpaired) electrons. The maximum absolute atomic E-state index is 12.3. The highest BCUT2D eigenvalue weighted by Gasteiger charge is 2.67. The Labute approximate surface area is 263 Å². The first-order valence-corrected chi connectivity index (χ1v) is 17.0. The molecule has 0 aliphatic heterocycles. The summed E-state index contributed by atoms with van der Waals surface area (Å²) < 4.78 is 10.5. The summed E-state index contributed by atoms with van der Waals surface area (Å²) in [7, 11) is 0. The van der Waals surface area contributed by atoms with Gasteiger partial charge < -0.3 is 19.7 Å². The molecular formula is C36H56O8. The van der Waals surface area contributed by atoms with E-state index in [0.717, 1.165) is 70.6 Å². The van der Waals surface area contributed by atoms with Gasteiger partial charge in [-0.25, -0.2) is 0 Å². The van der Waals surface area contributed by atoms with E-state index in [1.165, 1.54) is 6.42 Å². The molecular weight excluding hydrogens is 560 g/mol. The minimum Gasteiger partial charge on any atom is -0.481 e. The SMILES string of the molecule is CC12CC3(C)CC(CC(=O)O)(C1)CC(CC(=O)O)(C2)C3.CCOC(=O)CC12CC3(C)CC(C)(C1)CC(CC(=O)OCC)(C3)C2. The fourth-order valence-electron chi connectivity index (χ4n) is 14.8. The van der Waals surface area contributed by atoms with Gasteiger partial charge >= 0.3 is 23.9 Å². The van der Waals surface area contributed by atoms with Gasteiger partial charge in [-0.15, -0.1) is 0 Å². The fourth-order valence-corrected chi connectivity index (χ4v) is 14.8. The van der Waals surface area contributed by atoms with Gasteiger partial charge in [0.05, 0.1) is 38.9 Å². The van der Waals surface area contributed by atoms with Crippen LogP contribution in [-0.2, 0) is 28.7 Å². The Hall–Kier alpha value is -2.12. The van der Waals surface area contributed by atoms with Crippen LogP contribution in [0.25, 0.3) is 0 Å². The van der Waals surface area contributed by atoms with E-state index in [9.17, 15) is 29.4 Å². The van der Waals surface area contributed by atoms with Crippen molar-refractivity contribution in [2.24, 2.45) is 43.3 Å². The average Bonchev–Trinajstić information content (AvgIpc) is 2.71. The molecule has 0 spiro atoms. The predicted octanol–water partition coefficient (Wildman–Crippen LogP) is 7.56. The molecule has 2 N–H and O–H groups in total. The molecule has 0 unspecified atom stereocenters. The van der Waals surface area contributed by atoms with E-state index >= 15 is 0 Å². The molecule has 44 heavy (non-hydrogen) atoms. The smallest absolute Gasteiger partial charge is 0.306 e. The maximum atomic E-state index is 12.3. The standard InChI is InChI=1S/C20H32O4.C16H24O4/c1-5-23-15(21)7-19-10-17(3)9-18(4,11-19)13-20(12-17,14-19)8-16(22)24-6-2;1-13-5-14(2)8-15(6-13,3-11(17)18)10-16(7-13,9-14)4-12(19)20/h5-14H2,1-4H3;3-10H2,1-2H3,(H,17,18)(H,19,20). The number of esters is 2. The number of hydrogen-bond donors (Lipinski definition) is 2. The van der Waals surface area contributed by atoms with Crippen LogP contribution in [0.5, 0.6) is 0 Å². The summed E-state index contributed by atoms with van der Waals surface area (Å²) in [5.41, 5.74) is 0.431. The number of carboxylic acids is 2. The van der Waals surface area contributed by atoms with Crippen LogP contribution in [0.3, 0.4) is 0 Å². The maximum Gasteiger partial charge on any atom is 0.306 e. The summed E-state index contributed by atoms with van der Waals surface area (Å²) >= 11 is 0. The molecule has 0 aromatic heterocycles. The van der Waals surface area contributed by atoms with Gasteiger partial charge in [0.2, 0.25) is 0 Å². The third-order valence-electron chi connectivity index (χ3n) is 12.3. The van der Waals surface area contributed by atoms with Crippen LogP contribution in [-0.4, -0.2) is 47.3 Å². The summed E-state index contributed by atoms with van der Waals surface area (Å²) in [6.45, 7) is 13.8. The molecule has 8 nitrogen and oxygen atoms in total. The largest absolute Gasteiger partial charge is 0.481 e. The number of rotatable bonds is 10. The zero-order valence-corrected chi connectivity index (χ0v) is 28.1. The number of carbonyl (C=O) groups excluding carboxylic acids is 2. The summed E-state index contributed by atoms with van der Waals surface area (Å²) in [6, 6.07) is 0. The van der Waals surface area contributed by atoms with Crippen molar-refractivity contribution in [3.8, 4) is 0 Å². The van der Waals surface area contributed by atoms with Crippen LogP contribution in [0, 0.1) is 43.3 Å². The van der Waals surface area contributed by atoms with Crippen molar-refractivity contribution in [3.05, 3.63) is 0 Å². The van der Waals surface area contributed by atoms with Gasteiger partial charge in [0.15, 0.2) is 0 Å². The number of ether oxygens (including phenoxy) is 2. The average molecular weight is 617 g/mol. The number of hydrogen-bond acceptors (Lipinski definition) is 6. The van der Waals surface area contributed by atoms with Gasteiger partial charge in [0.25, 0.3) is 0 Å². The lowest BCUT2D eigenvalue weighted by atomic mass is 9.35. The molecule has 0 saturated heterocycles. The Morgan fingerprint density at radius 1 is 0.455 bits per heavy atom. The van der Waals surface area contributed by atoms with Crippen LogP contribution in [0.15, 0.2) is 0 Å². The topological polar surface area (TPSA) is 127 Å². The number of carboxylic acid groups (broad SMARTS) is 2. The number of carbonyl (C=O) groups is 4. The van der Waals surface area contributed by atoms with Crippen molar-refractivity contribution >= 4 is 23.9 Å². The Kier molecular flexibility index (Phi) is 8.10. The Balaban J connectivity index is 0.000000177. The molecule has 0 heterocycles. The molecule has 8 heteroatoms. The Morgan fingerprint density at radius 3 is 0.932 bits per heavy atom. The van der Waals surface area contributed by atoms with E-state index in [0.29, 0.717) is 26.1 Å². The molecule has 8 saturated carbocycles. The lowest BCUT2D eigenvalue weighted by Crippen LogP contribution is -2.60. The third-order valence-corrected chi connectivity index (χ3v) is 12.3. The van der Waals surface area contributed by atoms with Crippen LogP contribution >= 0.6 is 0 Å². The van der Waals surface area contributed by atoms with Gasteiger partial charge in [0.1, 0.15) is 0 Å². The van der Waals surface area contributed by atoms with Crippen LogP contribution in [0.4, 0.5) is 0 Å². The predicted molar refractivity (Wildman–Crippen MR) is 165 cm³/mol. The fraction of sp³-hybridized carbons (Fsp3) is 0.889. The zero-order valence-electron chi connectivity index (χ0n) is 28.1. The molecule has 0 amide bonds. The highest BCUT2D eigenvalue weighted by atomic mass is 16.5. The summed E-state index contributed by atoms with van der Waals surface area (Å²) in [5, 5.41) is 18.6. The molecule has 8 aliphatic rings. The monoisotopic (exact) mass is 616 g/mol. The first-order valence-electron chi connectivity index (χ1n) is 17.0. The second-order valence-corrected chi connectivity index (χ2v) is 18.5. The molecule has 0 atom stereocenters. The van der Waals surface area contributed by atoms with E-state index in [1.54, 1.807) is 0 Å². The van der Waals surface area contributed by atoms with E-state index in [-0.39, 0.29) is 68.1 Å². The normalized spacial score (nSPS) is 45.8. The van der Waals surface area contributed by atoms with E-state index in [4.69, 9.17) is 9.47 Å². The Bertz CT molecular complexity index is 1090.